The van der Waals surface area contributed by atoms with E-state index in [1.165, 1.54) is 0 Å². The zero-order valence-corrected chi connectivity index (χ0v) is 10.00. The third-order valence-electron chi connectivity index (χ3n) is 2.99. The fourth-order valence-electron chi connectivity index (χ4n) is 2.31. The second-order valence-electron chi connectivity index (χ2n) is 4.40. The molecular weight excluding hydrogens is 232 g/mol. The van der Waals surface area contributed by atoms with Gasteiger partial charge in [0.2, 0.25) is 0 Å². The number of fused-ring (bicyclic) bond motifs is 2. The Morgan fingerprint density at radius 2 is 1.94 bits per heavy atom. The molecule has 2 saturated heterocycles. The van der Waals surface area contributed by atoms with Crippen LogP contribution in [-0.4, -0.2) is 56.8 Å². The molecule has 16 heavy (non-hydrogen) atoms. The lowest BCUT2D eigenvalue weighted by molar-refractivity contribution is 0.0861. The Morgan fingerprint density at radius 3 is 2.44 bits per heavy atom. The molecule has 7 heteroatoms. The maximum Gasteiger partial charge on any atom is 0.411 e. The summed E-state index contributed by atoms with van der Waals surface area (Å²) in [7, 11) is -3.26. The van der Waals surface area contributed by atoms with Crippen molar-refractivity contribution in [3.8, 4) is 0 Å². The van der Waals surface area contributed by atoms with Crippen molar-refractivity contribution in [2.24, 2.45) is 0 Å². The average Bonchev–Trinajstić information content (AvgIpc) is 2.44. The first-order valence-corrected chi connectivity index (χ1v) is 7.37. The first-order chi connectivity index (χ1) is 7.47. The van der Waals surface area contributed by atoms with Crippen LogP contribution in [0.2, 0.25) is 0 Å². The molecule has 0 aliphatic carbocycles. The van der Waals surface area contributed by atoms with Crippen molar-refractivity contribution in [1.29, 1.82) is 0 Å². The minimum absolute atomic E-state index is 0.158. The van der Waals surface area contributed by atoms with Gasteiger partial charge in [-0.05, 0) is 12.8 Å². The molecule has 2 atom stereocenters. The summed E-state index contributed by atoms with van der Waals surface area (Å²) in [5.74, 6) is -0.533. The number of hydrogen-bond acceptors (Lipinski definition) is 5. The van der Waals surface area contributed by atoms with E-state index in [1.54, 1.807) is 4.90 Å². The van der Waals surface area contributed by atoms with Gasteiger partial charge in [-0.25, -0.2) is 13.2 Å². The Labute approximate surface area is 94.9 Å². The maximum absolute atomic E-state index is 11.7. The molecule has 0 radical (unpaired) electrons. The Hall–Kier alpha value is -0.820. The van der Waals surface area contributed by atoms with Gasteiger partial charge in [0.1, 0.15) is 0 Å². The van der Waals surface area contributed by atoms with Gasteiger partial charge in [-0.15, -0.1) is 0 Å². The van der Waals surface area contributed by atoms with Crippen molar-refractivity contribution in [1.82, 2.24) is 10.2 Å². The molecule has 2 rings (SSSR count). The first kappa shape index (κ1) is 11.7. The van der Waals surface area contributed by atoms with Crippen LogP contribution >= 0.6 is 0 Å². The molecule has 0 unspecified atom stereocenters. The van der Waals surface area contributed by atoms with Crippen LogP contribution in [0, 0.1) is 0 Å². The molecule has 0 aromatic carbocycles. The molecular formula is C9H16N2O4S. The Bertz CT molecular complexity index is 365. The van der Waals surface area contributed by atoms with Crippen molar-refractivity contribution in [2.75, 3.05) is 25.3 Å². The van der Waals surface area contributed by atoms with Crippen LogP contribution < -0.4 is 5.32 Å². The van der Waals surface area contributed by atoms with E-state index in [9.17, 15) is 13.2 Å². The maximum atomic E-state index is 11.7. The molecule has 2 heterocycles. The predicted octanol–water partition coefficient (Wildman–Crippen LogP) is -0.439. The third-order valence-corrected chi connectivity index (χ3v) is 3.53. The van der Waals surface area contributed by atoms with E-state index in [2.05, 4.69) is 5.32 Å². The molecule has 1 amide bonds. The fourth-order valence-corrected chi connectivity index (χ4v) is 2.62. The standard InChI is InChI=1S/C9H16N2O4S/c1-16(13,14)6-15-9(12)11-7-2-3-8(11)5-10-4-7/h7-8,10H,2-6H2,1H3/t7-,8-/m0/s1. The van der Waals surface area contributed by atoms with Gasteiger partial charge in [0, 0.05) is 31.4 Å². The molecule has 2 aliphatic rings. The van der Waals surface area contributed by atoms with Gasteiger partial charge >= 0.3 is 6.09 Å². The summed E-state index contributed by atoms with van der Waals surface area (Å²) in [6.07, 6.45) is 2.48. The van der Waals surface area contributed by atoms with E-state index in [0.717, 1.165) is 32.2 Å². The number of nitrogens with zero attached hydrogens (tertiary/aromatic N) is 1. The summed E-state index contributed by atoms with van der Waals surface area (Å²) < 4.78 is 26.6. The number of nitrogens with one attached hydrogen (secondary N) is 1. The van der Waals surface area contributed by atoms with Gasteiger partial charge < -0.3 is 10.1 Å². The Kier molecular flexibility index (Phi) is 3.07. The largest absolute Gasteiger partial charge is 0.433 e. The van der Waals surface area contributed by atoms with Crippen LogP contribution in [-0.2, 0) is 14.6 Å². The highest BCUT2D eigenvalue weighted by molar-refractivity contribution is 7.90. The number of ether oxygens (including phenoxy) is 1. The zero-order valence-electron chi connectivity index (χ0n) is 9.18. The van der Waals surface area contributed by atoms with Crippen LogP contribution in [0.25, 0.3) is 0 Å². The highest BCUT2D eigenvalue weighted by atomic mass is 32.2. The summed E-state index contributed by atoms with van der Waals surface area (Å²) >= 11 is 0. The number of piperazine rings is 1. The van der Waals surface area contributed by atoms with Crippen LogP contribution in [0.15, 0.2) is 0 Å². The average molecular weight is 248 g/mol. The highest BCUT2D eigenvalue weighted by Gasteiger charge is 2.40. The van der Waals surface area contributed by atoms with Crippen molar-refractivity contribution < 1.29 is 17.9 Å². The van der Waals surface area contributed by atoms with E-state index in [4.69, 9.17) is 4.74 Å². The smallest absolute Gasteiger partial charge is 0.411 e. The van der Waals surface area contributed by atoms with Crippen molar-refractivity contribution in [3.63, 3.8) is 0 Å². The minimum Gasteiger partial charge on any atom is -0.433 e. The predicted molar refractivity (Wildman–Crippen MR) is 57.7 cm³/mol. The SMILES string of the molecule is CS(=O)(=O)COC(=O)N1[C@H]2CC[C@H]1CNC2. The lowest BCUT2D eigenvalue weighted by Gasteiger charge is -2.34. The highest BCUT2D eigenvalue weighted by Crippen LogP contribution is 2.27. The minimum atomic E-state index is -3.26. The zero-order chi connectivity index (χ0) is 11.8. The summed E-state index contributed by atoms with van der Waals surface area (Å²) in [4.78, 5) is 13.4. The first-order valence-electron chi connectivity index (χ1n) is 5.31. The van der Waals surface area contributed by atoms with Crippen LogP contribution in [0.3, 0.4) is 0 Å². The molecule has 0 saturated carbocycles. The molecule has 2 bridgehead atoms. The molecule has 2 aliphatic heterocycles. The monoisotopic (exact) mass is 248 g/mol. The summed E-state index contributed by atoms with van der Waals surface area (Å²) in [5.41, 5.74) is 0. The fraction of sp³-hybridized carbons (Fsp3) is 0.889. The van der Waals surface area contributed by atoms with E-state index in [-0.39, 0.29) is 12.1 Å². The lowest BCUT2D eigenvalue weighted by Crippen LogP contribution is -2.54. The molecule has 1 N–H and O–H groups in total. The number of carbonyl (C=O) groups is 1. The van der Waals surface area contributed by atoms with Crippen LogP contribution in [0.1, 0.15) is 12.8 Å². The van der Waals surface area contributed by atoms with Crippen LogP contribution in [0.4, 0.5) is 4.79 Å². The summed E-state index contributed by atoms with van der Waals surface area (Å²) in [6.45, 7) is 1.54. The van der Waals surface area contributed by atoms with Gasteiger partial charge in [0.25, 0.3) is 0 Å². The molecule has 0 aromatic rings. The Morgan fingerprint density at radius 1 is 1.38 bits per heavy atom. The second kappa shape index (κ2) is 4.21. The normalized spacial score (nSPS) is 29.2. The van der Waals surface area contributed by atoms with Crippen molar-refractivity contribution in [3.05, 3.63) is 0 Å². The summed E-state index contributed by atoms with van der Waals surface area (Å²) in [5, 5.41) is 3.24. The summed E-state index contributed by atoms with van der Waals surface area (Å²) in [6, 6.07) is 0.316. The third kappa shape index (κ3) is 2.46. The van der Waals surface area contributed by atoms with Crippen molar-refractivity contribution >= 4 is 15.9 Å². The van der Waals surface area contributed by atoms with Gasteiger partial charge in [0.05, 0.1) is 0 Å². The topological polar surface area (TPSA) is 75.7 Å². The number of amides is 1. The molecule has 92 valence electrons. The number of hydrogen-bond donors (Lipinski definition) is 1. The molecule has 0 aromatic heterocycles. The molecule has 2 fully saturated rings. The van der Waals surface area contributed by atoms with Crippen LogP contribution in [0.5, 0.6) is 0 Å². The van der Waals surface area contributed by atoms with Gasteiger partial charge in [-0.1, -0.05) is 0 Å². The Balaban J connectivity index is 1.95. The van der Waals surface area contributed by atoms with Gasteiger partial charge in [-0.2, -0.15) is 0 Å². The molecule has 6 nitrogen and oxygen atoms in total. The van der Waals surface area contributed by atoms with Gasteiger partial charge in [0.15, 0.2) is 15.8 Å². The lowest BCUT2D eigenvalue weighted by atomic mass is 10.2. The van der Waals surface area contributed by atoms with E-state index in [0.29, 0.717) is 0 Å². The number of rotatable bonds is 2. The van der Waals surface area contributed by atoms with E-state index in [1.807, 2.05) is 0 Å². The van der Waals surface area contributed by atoms with E-state index >= 15 is 0 Å². The second-order valence-corrected chi connectivity index (χ2v) is 6.49. The van der Waals surface area contributed by atoms with Crippen molar-refractivity contribution in [2.45, 2.75) is 24.9 Å². The number of sulfone groups is 1. The van der Waals surface area contributed by atoms with E-state index < -0.39 is 21.9 Å². The number of carbonyl (C=O) groups excluding carboxylic acids is 1. The van der Waals surface area contributed by atoms with Gasteiger partial charge in [-0.3, -0.25) is 4.90 Å². The quantitative estimate of drug-likeness (QED) is 0.717. The molecule has 0 spiro atoms.